The molecule has 0 saturated heterocycles. The molecule has 2 fully saturated rings. The van der Waals surface area contributed by atoms with Gasteiger partial charge < -0.3 is 10.0 Å². The summed E-state index contributed by atoms with van der Waals surface area (Å²) in [6, 6.07) is 9.73. The molecule has 144 valence electrons. The van der Waals surface area contributed by atoms with Crippen LogP contribution in [0.25, 0.3) is 22.6 Å². The van der Waals surface area contributed by atoms with Gasteiger partial charge in [0, 0.05) is 24.2 Å². The molecule has 2 bridgehead atoms. The molecule has 0 unspecified atom stereocenters. The molecule has 28 heavy (non-hydrogen) atoms. The number of aromatic amines is 1. The summed E-state index contributed by atoms with van der Waals surface area (Å²) in [7, 11) is 2.12. The molecule has 2 N–H and O–H groups in total. The van der Waals surface area contributed by atoms with Crippen LogP contribution < -0.4 is 4.90 Å². The summed E-state index contributed by atoms with van der Waals surface area (Å²) in [6.07, 6.45) is 6.71. The number of anilines is 1. The van der Waals surface area contributed by atoms with E-state index < -0.39 is 0 Å². The maximum atomic E-state index is 10.4. The Morgan fingerprint density at radius 1 is 1.00 bits per heavy atom. The Morgan fingerprint density at radius 3 is 2.46 bits per heavy atom. The maximum Gasteiger partial charge on any atom is 0.179 e. The number of fused-ring (bicyclic) bond motifs is 2. The summed E-state index contributed by atoms with van der Waals surface area (Å²) < 4.78 is 0. The number of aromatic nitrogens is 6. The van der Waals surface area contributed by atoms with E-state index in [1.165, 1.54) is 32.1 Å². The third-order valence-electron chi connectivity index (χ3n) is 6.31. The van der Waals surface area contributed by atoms with E-state index in [0.717, 1.165) is 17.7 Å². The maximum absolute atomic E-state index is 10.4. The van der Waals surface area contributed by atoms with Crippen molar-refractivity contribution in [1.82, 2.24) is 30.8 Å². The zero-order chi connectivity index (χ0) is 19.1. The number of rotatable bonds is 4. The van der Waals surface area contributed by atoms with Crippen LogP contribution in [0.2, 0.25) is 0 Å². The van der Waals surface area contributed by atoms with Crippen molar-refractivity contribution in [1.29, 1.82) is 0 Å². The van der Waals surface area contributed by atoms with Gasteiger partial charge in [0.15, 0.2) is 11.6 Å². The highest BCUT2D eigenvalue weighted by Crippen LogP contribution is 2.43. The Morgan fingerprint density at radius 2 is 1.82 bits per heavy atom. The monoisotopic (exact) mass is 377 g/mol. The van der Waals surface area contributed by atoms with Gasteiger partial charge >= 0.3 is 0 Å². The van der Waals surface area contributed by atoms with Crippen molar-refractivity contribution in [2.75, 3.05) is 11.9 Å². The minimum absolute atomic E-state index is 0.119. The SMILES string of the molecule is CN(c1ccc(-c2ccc(-c3nnn[nH]3)cc2O)nn1)[C@H]1C[C@@H]2CC[C@@H](C2)C1. The lowest BCUT2D eigenvalue weighted by molar-refractivity contribution is 0.312. The molecule has 0 aliphatic heterocycles. The first-order valence-electron chi connectivity index (χ1n) is 9.81. The molecule has 8 heteroatoms. The van der Waals surface area contributed by atoms with E-state index in [4.69, 9.17) is 0 Å². The van der Waals surface area contributed by atoms with E-state index in [9.17, 15) is 5.11 Å². The molecular weight excluding hydrogens is 354 g/mol. The van der Waals surface area contributed by atoms with E-state index in [1.807, 2.05) is 18.2 Å². The van der Waals surface area contributed by atoms with Crippen molar-refractivity contribution in [2.24, 2.45) is 11.8 Å². The summed E-state index contributed by atoms with van der Waals surface area (Å²) in [5.41, 5.74) is 1.98. The summed E-state index contributed by atoms with van der Waals surface area (Å²) >= 11 is 0. The second-order valence-electron chi connectivity index (χ2n) is 8.04. The number of hydrogen-bond donors (Lipinski definition) is 2. The van der Waals surface area contributed by atoms with Crippen molar-refractivity contribution in [3.05, 3.63) is 30.3 Å². The Bertz CT molecular complexity index is 945. The van der Waals surface area contributed by atoms with Crippen LogP contribution >= 0.6 is 0 Å². The zero-order valence-electron chi connectivity index (χ0n) is 15.8. The summed E-state index contributed by atoms with van der Waals surface area (Å²) in [4.78, 5) is 2.28. The van der Waals surface area contributed by atoms with Crippen molar-refractivity contribution >= 4 is 5.82 Å². The number of nitrogens with one attached hydrogen (secondary N) is 1. The Labute approximate surface area is 163 Å². The number of benzene rings is 1. The van der Waals surface area contributed by atoms with Gasteiger partial charge in [-0.25, -0.2) is 5.10 Å². The second-order valence-corrected chi connectivity index (χ2v) is 8.04. The molecule has 2 aliphatic carbocycles. The van der Waals surface area contributed by atoms with Crippen molar-refractivity contribution in [3.8, 4) is 28.4 Å². The normalized spacial score (nSPS) is 23.7. The van der Waals surface area contributed by atoms with E-state index in [2.05, 4.69) is 42.8 Å². The average Bonchev–Trinajstić information content (AvgIpc) is 3.37. The first-order chi connectivity index (χ1) is 13.7. The quantitative estimate of drug-likeness (QED) is 0.720. The molecule has 3 aromatic rings. The molecule has 3 atom stereocenters. The number of phenolic OH excluding ortho intramolecular Hbond substituents is 1. The van der Waals surface area contributed by atoms with Crippen LogP contribution in [0.15, 0.2) is 30.3 Å². The number of hydrogen-bond acceptors (Lipinski definition) is 7. The van der Waals surface area contributed by atoms with Gasteiger partial charge in [-0.05, 0) is 65.8 Å². The minimum atomic E-state index is 0.119. The average molecular weight is 377 g/mol. The summed E-state index contributed by atoms with van der Waals surface area (Å²) in [5, 5.41) is 32.9. The zero-order valence-corrected chi connectivity index (χ0v) is 15.8. The third kappa shape index (κ3) is 3.08. The smallest absolute Gasteiger partial charge is 0.179 e. The lowest BCUT2D eigenvalue weighted by Crippen LogP contribution is -2.37. The number of nitrogens with zero attached hydrogens (tertiary/aromatic N) is 6. The van der Waals surface area contributed by atoms with Crippen molar-refractivity contribution < 1.29 is 5.11 Å². The summed E-state index contributed by atoms with van der Waals surface area (Å²) in [6.45, 7) is 0. The van der Waals surface area contributed by atoms with Gasteiger partial charge in [-0.3, -0.25) is 0 Å². The molecule has 2 heterocycles. The Kier molecular flexibility index (Phi) is 4.18. The highest BCUT2D eigenvalue weighted by Gasteiger charge is 2.36. The topological polar surface area (TPSA) is 104 Å². The van der Waals surface area contributed by atoms with Gasteiger partial charge in [0.2, 0.25) is 0 Å². The van der Waals surface area contributed by atoms with Crippen LogP contribution in [0.4, 0.5) is 5.82 Å². The number of H-pyrrole nitrogens is 1. The van der Waals surface area contributed by atoms with Crippen LogP contribution in [0.5, 0.6) is 5.75 Å². The molecular formula is C20H23N7O. The standard InChI is InChI=1S/C20H23N7O/c1-27(15-9-12-2-3-13(8-12)10-15)19-7-6-17(21-22-19)16-5-4-14(11-18(16)28)20-23-25-26-24-20/h4-7,11-13,15,28H,2-3,8-10H2,1H3,(H,23,24,25,26)/t12-,13+,15+. The van der Waals surface area contributed by atoms with Crippen LogP contribution in [0.3, 0.4) is 0 Å². The third-order valence-corrected chi connectivity index (χ3v) is 6.31. The van der Waals surface area contributed by atoms with Gasteiger partial charge in [-0.2, -0.15) is 0 Å². The highest BCUT2D eigenvalue weighted by molar-refractivity contribution is 5.72. The number of phenols is 1. The van der Waals surface area contributed by atoms with Crippen LogP contribution in [-0.2, 0) is 0 Å². The predicted molar refractivity (Wildman–Crippen MR) is 105 cm³/mol. The van der Waals surface area contributed by atoms with E-state index in [-0.39, 0.29) is 5.75 Å². The molecule has 0 amide bonds. The molecule has 2 saturated carbocycles. The highest BCUT2D eigenvalue weighted by atomic mass is 16.3. The predicted octanol–water partition coefficient (Wildman–Crippen LogP) is 3.04. The molecule has 0 radical (unpaired) electrons. The summed E-state index contributed by atoms with van der Waals surface area (Å²) in [5.74, 6) is 3.28. The van der Waals surface area contributed by atoms with E-state index >= 15 is 0 Å². The molecule has 1 aromatic carbocycles. The van der Waals surface area contributed by atoms with E-state index in [1.54, 1.807) is 12.1 Å². The second kappa shape index (κ2) is 6.85. The largest absolute Gasteiger partial charge is 0.507 e. The minimum Gasteiger partial charge on any atom is -0.507 e. The van der Waals surface area contributed by atoms with Crippen LogP contribution in [-0.4, -0.2) is 49.0 Å². The molecule has 5 rings (SSSR count). The van der Waals surface area contributed by atoms with Crippen molar-refractivity contribution in [2.45, 2.75) is 38.1 Å². The molecule has 2 aromatic heterocycles. The Balaban J connectivity index is 1.35. The molecule has 8 nitrogen and oxygen atoms in total. The molecule has 2 aliphatic rings. The van der Waals surface area contributed by atoms with Gasteiger partial charge in [0.25, 0.3) is 0 Å². The van der Waals surface area contributed by atoms with Crippen molar-refractivity contribution in [3.63, 3.8) is 0 Å². The fourth-order valence-corrected chi connectivity index (χ4v) is 4.81. The lowest BCUT2D eigenvalue weighted by atomic mass is 9.85. The number of tetrazole rings is 1. The lowest BCUT2D eigenvalue weighted by Gasteiger charge is -2.35. The first kappa shape index (κ1) is 17.1. The van der Waals surface area contributed by atoms with Gasteiger partial charge in [0.05, 0.1) is 5.69 Å². The molecule has 0 spiro atoms. The van der Waals surface area contributed by atoms with Gasteiger partial charge in [0.1, 0.15) is 5.75 Å². The van der Waals surface area contributed by atoms with E-state index in [0.29, 0.717) is 28.7 Å². The van der Waals surface area contributed by atoms with Crippen LogP contribution in [0.1, 0.15) is 32.1 Å². The van der Waals surface area contributed by atoms with Gasteiger partial charge in [-0.1, -0.05) is 18.9 Å². The first-order valence-corrected chi connectivity index (χ1v) is 9.81. The van der Waals surface area contributed by atoms with Gasteiger partial charge in [-0.15, -0.1) is 15.3 Å². The number of aromatic hydroxyl groups is 1. The van der Waals surface area contributed by atoms with Crippen LogP contribution in [0, 0.1) is 11.8 Å². The Hall–Kier alpha value is -3.03. The fourth-order valence-electron chi connectivity index (χ4n) is 4.81. The fraction of sp³-hybridized carbons (Fsp3) is 0.450.